The molecule has 1 heterocycles. The van der Waals surface area contributed by atoms with Gasteiger partial charge in [0.05, 0.1) is 18.4 Å². The number of halogens is 9. The van der Waals surface area contributed by atoms with Crippen molar-refractivity contribution in [1.29, 1.82) is 0 Å². The van der Waals surface area contributed by atoms with Crippen molar-refractivity contribution in [2.45, 2.75) is 34.8 Å². The highest BCUT2D eigenvalue weighted by Gasteiger charge is 2.83. The fourth-order valence-corrected chi connectivity index (χ4v) is 6.53. The van der Waals surface area contributed by atoms with Gasteiger partial charge in [0.1, 0.15) is 0 Å². The van der Waals surface area contributed by atoms with E-state index < -0.39 is 105 Å². The van der Waals surface area contributed by atoms with Crippen molar-refractivity contribution in [3.8, 4) is 0 Å². The number of sulfonamides is 3. The highest BCUT2D eigenvalue weighted by molar-refractivity contribution is 8.05. The lowest BCUT2D eigenvalue weighted by Crippen LogP contribution is -2.65. The Morgan fingerprint density at radius 1 is 0.921 bits per heavy atom. The highest BCUT2D eigenvalue weighted by Crippen LogP contribution is 2.52. The first kappa shape index (κ1) is 34.1. The summed E-state index contributed by atoms with van der Waals surface area (Å²) in [5, 5.41) is -5.69. The lowest BCUT2D eigenvalue weighted by Gasteiger charge is -2.36. The molecule has 0 amide bonds. The average molecular weight is 636 g/mol. The van der Waals surface area contributed by atoms with Gasteiger partial charge in [-0.2, -0.15) is 43.8 Å². The minimum absolute atomic E-state index is 0.358. The van der Waals surface area contributed by atoms with Crippen LogP contribution in [0.25, 0.3) is 0 Å². The Morgan fingerprint density at radius 2 is 1.39 bits per heavy atom. The first-order valence-corrected chi connectivity index (χ1v) is 13.8. The van der Waals surface area contributed by atoms with Crippen LogP contribution in [-0.2, 0) is 39.6 Å². The number of piperidine rings is 1. The molecule has 23 heteroatoms. The molecule has 2 N–H and O–H groups in total. The van der Waals surface area contributed by atoms with Crippen LogP contribution in [0.3, 0.4) is 0 Å². The number of carbonyl (C=O) groups excluding carboxylic acids is 1. The third kappa shape index (κ3) is 6.26. The van der Waals surface area contributed by atoms with Gasteiger partial charge in [0.2, 0.25) is 0 Å². The number of hydrogen-bond donors (Lipinski definition) is 2. The molecule has 0 radical (unpaired) electrons. The van der Waals surface area contributed by atoms with Crippen LogP contribution in [0, 0.1) is 5.92 Å². The maximum atomic E-state index is 14.3. The van der Waals surface area contributed by atoms with Gasteiger partial charge >= 0.3 is 37.9 Å². The van der Waals surface area contributed by atoms with E-state index in [1.807, 2.05) is 0 Å². The molecule has 0 aliphatic carbocycles. The number of hydrogen-bond acceptors (Lipinski definition) is 9. The zero-order valence-corrected chi connectivity index (χ0v) is 20.7. The maximum absolute atomic E-state index is 14.3. The van der Waals surface area contributed by atoms with Crippen LogP contribution < -0.4 is 4.13 Å². The van der Waals surface area contributed by atoms with Gasteiger partial charge in [0, 0.05) is 13.1 Å². The molecule has 0 bridgehead atoms. The quantitative estimate of drug-likeness (QED) is 0.147. The second-order valence-electron chi connectivity index (χ2n) is 7.38. The van der Waals surface area contributed by atoms with E-state index in [9.17, 15) is 69.6 Å². The molecular weight excluding hydrogens is 619 g/mol. The molecule has 222 valence electrons. The fraction of sp³-hybridized carbons (Fsp3) is 0.667. The van der Waals surface area contributed by atoms with E-state index in [1.165, 1.54) is 0 Å². The van der Waals surface area contributed by atoms with Gasteiger partial charge in [-0.05, 0) is 24.8 Å². The van der Waals surface area contributed by atoms with Crippen molar-refractivity contribution in [3.05, 3.63) is 24.5 Å². The van der Waals surface area contributed by atoms with Crippen molar-refractivity contribution in [2.24, 2.45) is 5.92 Å². The molecule has 0 aromatic heterocycles. The first-order valence-electron chi connectivity index (χ1n) is 9.44. The van der Waals surface area contributed by atoms with Crippen LogP contribution in [-0.4, -0.2) is 82.3 Å². The molecule has 0 aromatic carbocycles. The normalized spacial score (nSPS) is 18.1. The molecule has 0 atom stereocenters. The van der Waals surface area contributed by atoms with E-state index in [0.717, 1.165) is 12.3 Å². The van der Waals surface area contributed by atoms with E-state index in [0.29, 0.717) is 0 Å². The van der Waals surface area contributed by atoms with Crippen molar-refractivity contribution in [3.63, 3.8) is 0 Å². The molecule has 38 heavy (non-hydrogen) atoms. The van der Waals surface area contributed by atoms with Gasteiger partial charge in [-0.25, -0.2) is 30.0 Å². The van der Waals surface area contributed by atoms with Gasteiger partial charge in [-0.15, -0.1) is 0 Å². The largest absolute Gasteiger partial charge is 0.512 e. The minimum atomic E-state index is -7.84. The Morgan fingerprint density at radius 3 is 1.82 bits per heavy atom. The smallest absolute Gasteiger partial charge is 0.431 e. The number of allylic oxidation sites excluding steroid dienone is 1. The molecule has 0 saturated carbocycles. The van der Waals surface area contributed by atoms with E-state index in [4.69, 9.17) is 5.11 Å². The van der Waals surface area contributed by atoms with Crippen LogP contribution in [0.1, 0.15) is 12.8 Å². The van der Waals surface area contributed by atoms with Crippen LogP contribution in [0.2, 0.25) is 0 Å². The summed E-state index contributed by atoms with van der Waals surface area (Å²) in [6, 6.07) is 0. The van der Waals surface area contributed by atoms with Crippen molar-refractivity contribution in [2.75, 3.05) is 19.7 Å². The van der Waals surface area contributed by atoms with E-state index >= 15 is 0 Å². The number of aliphatic hydroxyl groups excluding tert-OH is 1. The summed E-state index contributed by atoms with van der Waals surface area (Å²) in [5.41, 5.74) is -7.02. The molecule has 1 saturated heterocycles. The molecule has 1 aliphatic heterocycles. The third-order valence-electron chi connectivity index (χ3n) is 4.76. The summed E-state index contributed by atoms with van der Waals surface area (Å²) in [7, 11) is -22.0. The number of alkyl halides is 9. The number of carbonyl (C=O) groups is 1. The lowest BCUT2D eigenvalue weighted by molar-refractivity contribution is -0.245. The highest BCUT2D eigenvalue weighted by atomic mass is 32.3. The van der Waals surface area contributed by atoms with Gasteiger partial charge < -0.3 is 9.84 Å². The summed E-state index contributed by atoms with van der Waals surface area (Å²) in [6.45, 7) is 0.302. The van der Waals surface area contributed by atoms with Gasteiger partial charge in [-0.3, -0.25) is 0 Å². The Hall–Kier alpha value is -1.95. The number of esters is 1. The van der Waals surface area contributed by atoms with Gasteiger partial charge in [0.25, 0.3) is 20.0 Å². The summed E-state index contributed by atoms with van der Waals surface area (Å²) < 4.78 is 193. The summed E-state index contributed by atoms with van der Waals surface area (Å²) in [6.07, 6.45) is 0.965. The van der Waals surface area contributed by atoms with Crippen LogP contribution in [0.15, 0.2) is 24.5 Å². The average Bonchev–Trinajstić information content (AvgIpc) is 2.76. The second kappa shape index (κ2) is 10.9. The summed E-state index contributed by atoms with van der Waals surface area (Å²) in [4.78, 5) is 11.3. The standard InChI is InChI=1S/C15H17F9N2O9S3/c1-9(8-27)11(28)35-7-4-10-2-5-26(6-3-10)38(33,34)14(20,21)12(16,17)13(18,19)36(29,30)25-37(31,32)15(22,23)24/h4,7,10,25,27H,1-3,5-6,8H2. The summed E-state index contributed by atoms with van der Waals surface area (Å²) >= 11 is 0. The predicted octanol–water partition coefficient (Wildman–Crippen LogP) is 1.22. The lowest BCUT2D eigenvalue weighted by atomic mass is 9.98. The zero-order chi connectivity index (χ0) is 30.2. The van der Waals surface area contributed by atoms with Crippen molar-refractivity contribution in [1.82, 2.24) is 8.43 Å². The predicted molar refractivity (Wildman–Crippen MR) is 107 cm³/mol. The molecule has 0 aromatic rings. The maximum Gasteiger partial charge on any atom is 0.512 e. The van der Waals surface area contributed by atoms with Crippen LogP contribution in [0.4, 0.5) is 39.5 Å². The number of ether oxygens (including phenoxy) is 1. The van der Waals surface area contributed by atoms with Crippen molar-refractivity contribution >= 4 is 36.0 Å². The zero-order valence-electron chi connectivity index (χ0n) is 18.3. The molecule has 1 rings (SSSR count). The Bertz CT molecular complexity index is 1270. The first-order chi connectivity index (χ1) is 16.8. The fourth-order valence-electron chi connectivity index (χ4n) is 2.57. The number of aliphatic hydroxyl groups is 1. The number of rotatable bonds is 11. The van der Waals surface area contributed by atoms with E-state index in [2.05, 4.69) is 11.3 Å². The SMILES string of the molecule is C=C(CO)C(=O)OC=CC1CCN(S(=O)(=O)C(F)(F)C(F)(F)C(F)(F)S(=O)(=O)NS(=O)(=O)C(F)(F)F)CC1. The van der Waals surface area contributed by atoms with Gasteiger partial charge in [0.15, 0.2) is 0 Å². The second-order valence-corrected chi connectivity index (χ2v) is 13.0. The molecule has 0 unspecified atom stereocenters. The topological polar surface area (TPSA) is 164 Å². The number of nitrogens with zero attached hydrogens (tertiary/aromatic N) is 1. The summed E-state index contributed by atoms with van der Waals surface area (Å²) in [5.74, 6) is -9.31. The Balaban J connectivity index is 3.16. The van der Waals surface area contributed by atoms with Crippen molar-refractivity contribution < 1.29 is 79.4 Å². The minimum Gasteiger partial charge on any atom is -0.431 e. The molecule has 1 fully saturated rings. The molecular formula is C15H17F9N2O9S3. The molecule has 0 spiro atoms. The van der Waals surface area contributed by atoms with E-state index in [-0.39, 0.29) is 5.57 Å². The Kier molecular flexibility index (Phi) is 9.78. The van der Waals surface area contributed by atoms with E-state index in [1.54, 1.807) is 0 Å². The molecule has 1 aliphatic rings. The van der Waals surface area contributed by atoms with Crippen LogP contribution >= 0.6 is 0 Å². The number of nitrogens with one attached hydrogen (secondary N) is 1. The third-order valence-corrected chi connectivity index (χ3v) is 10.0. The molecule has 11 nitrogen and oxygen atoms in total. The van der Waals surface area contributed by atoms with Gasteiger partial charge in [-0.1, -0.05) is 10.7 Å². The van der Waals surface area contributed by atoms with Crippen LogP contribution in [0.5, 0.6) is 0 Å². The Labute approximate surface area is 209 Å². The monoisotopic (exact) mass is 636 g/mol.